The molecule has 0 N–H and O–H groups in total. The van der Waals surface area contributed by atoms with Gasteiger partial charge in [0.05, 0.1) is 22.4 Å². The number of aromatic nitrogens is 4. The van der Waals surface area contributed by atoms with E-state index in [4.69, 9.17) is 15.0 Å². The van der Waals surface area contributed by atoms with Crippen LogP contribution in [0.15, 0.2) is 212 Å². The van der Waals surface area contributed by atoms with Crippen molar-refractivity contribution in [3.05, 3.63) is 223 Å². The minimum atomic E-state index is -0.224. The second-order valence-electron chi connectivity index (χ2n) is 16.9. The first-order valence-electron chi connectivity index (χ1n) is 21.5. The van der Waals surface area contributed by atoms with Gasteiger partial charge in [0.15, 0.2) is 11.6 Å². The smallest absolute Gasteiger partial charge is 0.238 e. The molecular weight excluding hydrogens is 767 g/mol. The summed E-state index contributed by atoms with van der Waals surface area (Å²) in [5.41, 5.74) is 14.5. The summed E-state index contributed by atoms with van der Waals surface area (Å²) in [6.45, 7) is 4.70. The van der Waals surface area contributed by atoms with E-state index in [1.807, 2.05) is 24.3 Å². The Bertz CT molecular complexity index is 3520. The second-order valence-corrected chi connectivity index (χ2v) is 16.9. The van der Waals surface area contributed by atoms with Gasteiger partial charge in [-0.3, -0.25) is 4.57 Å². The van der Waals surface area contributed by atoms with E-state index >= 15 is 0 Å². The molecule has 5 nitrogen and oxygen atoms in total. The van der Waals surface area contributed by atoms with Crippen molar-refractivity contribution in [3.8, 4) is 51.0 Å². The molecule has 0 amide bonds. The Morgan fingerprint density at radius 3 is 1.68 bits per heavy atom. The molecule has 0 spiro atoms. The third-order valence-electron chi connectivity index (χ3n) is 12.8. The van der Waals surface area contributed by atoms with E-state index < -0.39 is 0 Å². The molecule has 3 heterocycles. The molecule has 0 unspecified atom stereocenters. The molecule has 0 saturated carbocycles. The molecule has 0 fully saturated rings. The molecule has 12 rings (SSSR count). The first-order chi connectivity index (χ1) is 31.0. The summed E-state index contributed by atoms with van der Waals surface area (Å²) in [5.74, 6) is 1.82. The SMILES string of the molecule is CC1(C)c2ccccc2N(c2ccccc2)c2ccc(-c3ccc4c(c3)c3c5ccccc5ccc3n4-c3nc(-c4ccccc4)nc(-c4ccc(-c5ccccc5)cc4)n3)cc21. The molecule has 0 saturated heterocycles. The van der Waals surface area contributed by atoms with Gasteiger partial charge in [-0.15, -0.1) is 0 Å². The van der Waals surface area contributed by atoms with Crippen LogP contribution in [0, 0.1) is 0 Å². The first kappa shape index (κ1) is 36.7. The molecule has 1 aliphatic heterocycles. The number of nitrogens with zero attached hydrogens (tertiary/aromatic N) is 5. The molecule has 63 heavy (non-hydrogen) atoms. The van der Waals surface area contributed by atoms with E-state index in [1.165, 1.54) is 49.8 Å². The highest BCUT2D eigenvalue weighted by atomic mass is 15.2. The van der Waals surface area contributed by atoms with Crippen LogP contribution in [0.4, 0.5) is 17.1 Å². The molecule has 0 radical (unpaired) electrons. The van der Waals surface area contributed by atoms with Gasteiger partial charge in [0.25, 0.3) is 0 Å². The van der Waals surface area contributed by atoms with Crippen molar-refractivity contribution >= 4 is 49.6 Å². The van der Waals surface area contributed by atoms with E-state index in [0.29, 0.717) is 17.6 Å². The van der Waals surface area contributed by atoms with Gasteiger partial charge in [0.2, 0.25) is 5.95 Å². The Morgan fingerprint density at radius 1 is 0.381 bits per heavy atom. The quantitative estimate of drug-likeness (QED) is 0.168. The maximum absolute atomic E-state index is 5.29. The van der Waals surface area contributed by atoms with Crippen LogP contribution in [0.5, 0.6) is 0 Å². The number of hydrogen-bond acceptors (Lipinski definition) is 4. The Morgan fingerprint density at radius 2 is 0.921 bits per heavy atom. The van der Waals surface area contributed by atoms with Gasteiger partial charge in [-0.2, -0.15) is 9.97 Å². The largest absolute Gasteiger partial charge is 0.310 e. The molecule has 11 aromatic rings. The predicted octanol–water partition coefficient (Wildman–Crippen LogP) is 14.9. The molecule has 0 aliphatic carbocycles. The van der Waals surface area contributed by atoms with Gasteiger partial charge in [-0.05, 0) is 92.7 Å². The summed E-state index contributed by atoms with van der Waals surface area (Å²) in [4.78, 5) is 18.0. The van der Waals surface area contributed by atoms with E-state index in [-0.39, 0.29) is 5.41 Å². The zero-order valence-corrected chi connectivity index (χ0v) is 34.9. The minimum Gasteiger partial charge on any atom is -0.310 e. The monoisotopic (exact) mass is 807 g/mol. The summed E-state index contributed by atoms with van der Waals surface area (Å²) in [6.07, 6.45) is 0. The highest BCUT2D eigenvalue weighted by Gasteiger charge is 2.37. The number of para-hydroxylation sites is 2. The van der Waals surface area contributed by atoms with Gasteiger partial charge >= 0.3 is 0 Å². The van der Waals surface area contributed by atoms with Gasteiger partial charge < -0.3 is 4.90 Å². The van der Waals surface area contributed by atoms with Crippen LogP contribution in [0.3, 0.4) is 0 Å². The van der Waals surface area contributed by atoms with Crippen molar-refractivity contribution in [2.45, 2.75) is 19.3 Å². The van der Waals surface area contributed by atoms with E-state index in [2.05, 4.69) is 211 Å². The Kier molecular flexibility index (Phi) is 8.44. The zero-order chi connectivity index (χ0) is 42.1. The van der Waals surface area contributed by atoms with E-state index in [9.17, 15) is 0 Å². The van der Waals surface area contributed by atoms with Crippen LogP contribution >= 0.6 is 0 Å². The number of benzene rings is 9. The summed E-state index contributed by atoms with van der Waals surface area (Å²) < 4.78 is 2.22. The fourth-order valence-electron chi connectivity index (χ4n) is 9.68. The van der Waals surface area contributed by atoms with Gasteiger partial charge in [0.1, 0.15) is 0 Å². The van der Waals surface area contributed by atoms with Crippen molar-refractivity contribution in [1.29, 1.82) is 0 Å². The number of rotatable bonds is 6. The fourth-order valence-corrected chi connectivity index (χ4v) is 9.68. The lowest BCUT2D eigenvalue weighted by molar-refractivity contribution is 0.632. The topological polar surface area (TPSA) is 46.8 Å². The van der Waals surface area contributed by atoms with Crippen LogP contribution in [0.2, 0.25) is 0 Å². The third kappa shape index (κ3) is 6.04. The Hall–Kier alpha value is -8.15. The van der Waals surface area contributed by atoms with Crippen LogP contribution in [0.25, 0.3) is 83.6 Å². The first-order valence-corrected chi connectivity index (χ1v) is 21.5. The second kappa shape index (κ2) is 14.5. The van der Waals surface area contributed by atoms with Gasteiger partial charge in [0, 0.05) is 33.0 Å². The van der Waals surface area contributed by atoms with Gasteiger partial charge in [-0.25, -0.2) is 4.98 Å². The maximum Gasteiger partial charge on any atom is 0.238 e. The zero-order valence-electron chi connectivity index (χ0n) is 34.9. The number of fused-ring (bicyclic) bond motifs is 7. The summed E-state index contributed by atoms with van der Waals surface area (Å²) >= 11 is 0. The van der Waals surface area contributed by atoms with Crippen LogP contribution < -0.4 is 4.90 Å². The molecule has 298 valence electrons. The van der Waals surface area contributed by atoms with Crippen molar-refractivity contribution in [1.82, 2.24) is 19.5 Å². The van der Waals surface area contributed by atoms with Crippen molar-refractivity contribution in [3.63, 3.8) is 0 Å². The molecule has 1 aliphatic rings. The van der Waals surface area contributed by atoms with Crippen LogP contribution in [-0.4, -0.2) is 19.5 Å². The minimum absolute atomic E-state index is 0.224. The highest BCUT2D eigenvalue weighted by Crippen LogP contribution is 2.52. The Balaban J connectivity index is 1.06. The standard InChI is InChI=1S/C58H41N5/c1-58(2)48-24-14-15-25-51(48)62(45-21-10-5-11-22-45)52-34-32-44(37-49(52)58)43-31-33-50-47(36-43)54-46-23-13-12-18-40(46)30-35-53(54)63(50)57-60-55(41-19-8-4-9-20-41)59-56(61-57)42-28-26-39(27-29-42)38-16-6-3-7-17-38/h3-37H,1-2H3. The molecule has 2 aromatic heterocycles. The van der Waals surface area contributed by atoms with Gasteiger partial charge in [-0.1, -0.05) is 178 Å². The third-order valence-corrected chi connectivity index (χ3v) is 12.8. The van der Waals surface area contributed by atoms with Crippen LogP contribution in [-0.2, 0) is 5.41 Å². The lowest BCUT2D eigenvalue weighted by Crippen LogP contribution is -2.30. The molecule has 0 bridgehead atoms. The predicted molar refractivity (Wildman–Crippen MR) is 260 cm³/mol. The van der Waals surface area contributed by atoms with Crippen molar-refractivity contribution < 1.29 is 0 Å². The Labute approximate surface area is 366 Å². The van der Waals surface area contributed by atoms with E-state index in [1.54, 1.807) is 0 Å². The fraction of sp³-hybridized carbons (Fsp3) is 0.0517. The number of anilines is 3. The summed E-state index contributed by atoms with van der Waals surface area (Å²) in [7, 11) is 0. The average molecular weight is 808 g/mol. The van der Waals surface area contributed by atoms with Crippen molar-refractivity contribution in [2.75, 3.05) is 4.90 Å². The lowest BCUT2D eigenvalue weighted by Gasteiger charge is -2.42. The number of hydrogen-bond donors (Lipinski definition) is 0. The van der Waals surface area contributed by atoms with Crippen molar-refractivity contribution in [2.24, 2.45) is 0 Å². The summed E-state index contributed by atoms with van der Waals surface area (Å²) in [6, 6.07) is 75.6. The molecule has 5 heteroatoms. The summed E-state index contributed by atoms with van der Waals surface area (Å²) in [5, 5.41) is 4.68. The normalized spacial score (nSPS) is 13.0. The van der Waals surface area contributed by atoms with Crippen LogP contribution in [0.1, 0.15) is 25.0 Å². The average Bonchev–Trinajstić information content (AvgIpc) is 3.69. The molecule has 9 aromatic carbocycles. The molecule has 0 atom stereocenters. The van der Waals surface area contributed by atoms with E-state index in [0.717, 1.165) is 44.4 Å². The highest BCUT2D eigenvalue weighted by molar-refractivity contribution is 6.21. The lowest BCUT2D eigenvalue weighted by atomic mass is 9.73. The molecular formula is C58H41N5. The maximum atomic E-state index is 5.29.